The second-order valence-corrected chi connectivity index (χ2v) is 8.79. The summed E-state index contributed by atoms with van der Waals surface area (Å²) in [6, 6.07) is 1.61. The van der Waals surface area contributed by atoms with Crippen LogP contribution in [0.4, 0.5) is 0 Å². The molecule has 21 heavy (non-hydrogen) atoms. The van der Waals surface area contributed by atoms with Crippen LogP contribution in [0.25, 0.3) is 0 Å². The van der Waals surface area contributed by atoms with Crippen molar-refractivity contribution in [1.29, 1.82) is 0 Å². The number of nitrogens with zero attached hydrogens (tertiary/aromatic N) is 2. The van der Waals surface area contributed by atoms with E-state index in [-0.39, 0.29) is 17.2 Å². The van der Waals surface area contributed by atoms with Crippen LogP contribution in [-0.4, -0.2) is 53.4 Å². The van der Waals surface area contributed by atoms with Gasteiger partial charge in [0.1, 0.15) is 5.37 Å². The number of pyridine rings is 1. The van der Waals surface area contributed by atoms with Gasteiger partial charge in [-0.15, -0.1) is 0 Å². The van der Waals surface area contributed by atoms with Crippen LogP contribution in [0.15, 0.2) is 12.3 Å². The molecule has 1 aliphatic heterocycles. The molecule has 0 aromatic carbocycles. The van der Waals surface area contributed by atoms with E-state index < -0.39 is 15.2 Å². The summed E-state index contributed by atoms with van der Waals surface area (Å²) in [7, 11) is -3.32. The predicted octanol–water partition coefficient (Wildman–Crippen LogP) is 1.99. The van der Waals surface area contributed by atoms with E-state index in [0.29, 0.717) is 23.0 Å². The van der Waals surface area contributed by atoms with Crippen LogP contribution in [0, 0.1) is 6.92 Å². The highest BCUT2D eigenvalue weighted by Gasteiger charge is 2.36. The molecule has 5 nitrogen and oxygen atoms in total. The van der Waals surface area contributed by atoms with Crippen LogP contribution in [-0.2, 0) is 9.84 Å². The summed E-state index contributed by atoms with van der Waals surface area (Å²) in [4.78, 5) is 18.1. The fourth-order valence-electron chi connectivity index (χ4n) is 2.14. The second kappa shape index (κ2) is 6.54. The minimum atomic E-state index is -3.32. The Balaban J connectivity index is 2.35. The number of carbonyl (C=O) groups excluding carboxylic acids is 1. The molecule has 1 unspecified atom stereocenters. The molecule has 1 amide bonds. The van der Waals surface area contributed by atoms with Gasteiger partial charge in [-0.2, -0.15) is 11.8 Å². The van der Waals surface area contributed by atoms with Gasteiger partial charge >= 0.3 is 0 Å². The summed E-state index contributed by atoms with van der Waals surface area (Å²) in [5.41, 5.74) is 0.967. The fourth-order valence-corrected chi connectivity index (χ4v) is 5.40. The Hall–Kier alpha value is -0.790. The van der Waals surface area contributed by atoms with Crippen molar-refractivity contribution in [1.82, 2.24) is 9.88 Å². The molecule has 116 valence electrons. The molecule has 1 aromatic heterocycles. The van der Waals surface area contributed by atoms with Crippen molar-refractivity contribution in [3.8, 4) is 0 Å². The first-order chi connectivity index (χ1) is 9.86. The van der Waals surface area contributed by atoms with E-state index in [9.17, 15) is 13.2 Å². The zero-order chi connectivity index (χ0) is 15.6. The first kappa shape index (κ1) is 16.6. The summed E-state index contributed by atoms with van der Waals surface area (Å²) in [6.07, 6.45) is 1.41. The van der Waals surface area contributed by atoms with E-state index >= 15 is 0 Å². The van der Waals surface area contributed by atoms with Crippen LogP contribution in [0.2, 0.25) is 5.02 Å². The van der Waals surface area contributed by atoms with E-state index in [1.54, 1.807) is 31.7 Å². The van der Waals surface area contributed by atoms with Gasteiger partial charge in [-0.1, -0.05) is 18.5 Å². The van der Waals surface area contributed by atoms with Crippen LogP contribution < -0.4 is 0 Å². The van der Waals surface area contributed by atoms with E-state index in [1.165, 1.54) is 11.1 Å². The Bertz CT molecular complexity index is 649. The van der Waals surface area contributed by atoms with Gasteiger partial charge in [0.05, 0.1) is 10.6 Å². The molecule has 2 heterocycles. The first-order valence-corrected chi connectivity index (χ1v) is 9.84. The first-order valence-electron chi connectivity index (χ1n) is 6.59. The van der Waals surface area contributed by atoms with E-state index in [2.05, 4.69) is 4.98 Å². The Kier molecular flexibility index (Phi) is 5.16. The van der Waals surface area contributed by atoms with Crippen molar-refractivity contribution in [2.75, 3.05) is 23.8 Å². The van der Waals surface area contributed by atoms with Gasteiger partial charge in [0.15, 0.2) is 9.84 Å². The number of amides is 1. The van der Waals surface area contributed by atoms with Crippen molar-refractivity contribution >= 4 is 39.1 Å². The molecular formula is C13H17ClN2O3S2. The molecule has 0 bridgehead atoms. The topological polar surface area (TPSA) is 67.3 Å². The van der Waals surface area contributed by atoms with Gasteiger partial charge in [0, 0.05) is 35.7 Å². The third-order valence-corrected chi connectivity index (χ3v) is 6.98. The highest BCUT2D eigenvalue weighted by molar-refractivity contribution is 8.01. The summed E-state index contributed by atoms with van der Waals surface area (Å²) in [6.45, 7) is 3.78. The van der Waals surface area contributed by atoms with E-state index in [1.807, 2.05) is 0 Å². The molecular weight excluding hydrogens is 332 g/mol. The number of thioether (sulfide) groups is 1. The quantitative estimate of drug-likeness (QED) is 0.835. The molecule has 1 aromatic rings. The van der Waals surface area contributed by atoms with Crippen LogP contribution in [0.5, 0.6) is 0 Å². The molecule has 1 saturated heterocycles. The molecule has 1 fully saturated rings. The second-order valence-electron chi connectivity index (χ2n) is 4.79. The molecule has 0 radical (unpaired) electrons. The van der Waals surface area contributed by atoms with Crippen molar-refractivity contribution < 1.29 is 13.2 Å². The minimum Gasteiger partial charge on any atom is -0.320 e. The van der Waals surface area contributed by atoms with Crippen LogP contribution in [0.1, 0.15) is 23.0 Å². The number of hydrogen-bond donors (Lipinski definition) is 0. The summed E-state index contributed by atoms with van der Waals surface area (Å²) in [5.74, 6) is 0.772. The third kappa shape index (κ3) is 3.52. The number of halogens is 1. The predicted molar refractivity (Wildman–Crippen MR) is 85.6 cm³/mol. The maximum Gasteiger partial charge on any atom is 0.258 e. The smallest absolute Gasteiger partial charge is 0.258 e. The minimum absolute atomic E-state index is 0.0158. The van der Waals surface area contributed by atoms with E-state index in [0.717, 1.165) is 5.75 Å². The Morgan fingerprint density at radius 1 is 1.57 bits per heavy atom. The maximum atomic E-state index is 12.6. The largest absolute Gasteiger partial charge is 0.320 e. The molecule has 1 aliphatic rings. The van der Waals surface area contributed by atoms with Crippen molar-refractivity contribution in [3.63, 3.8) is 0 Å². The zero-order valence-corrected chi connectivity index (χ0v) is 14.3. The molecule has 0 aliphatic carbocycles. The zero-order valence-electron chi connectivity index (χ0n) is 11.9. The summed E-state index contributed by atoms with van der Waals surface area (Å²) >= 11 is 7.64. The van der Waals surface area contributed by atoms with Gasteiger partial charge < -0.3 is 4.90 Å². The van der Waals surface area contributed by atoms with E-state index in [4.69, 9.17) is 11.6 Å². The Morgan fingerprint density at radius 2 is 2.29 bits per heavy atom. The molecule has 1 atom stereocenters. The average molecular weight is 349 g/mol. The lowest BCUT2D eigenvalue weighted by atomic mass is 10.2. The molecule has 2 rings (SSSR count). The Labute approximate surface area is 134 Å². The normalized spacial score (nSPS) is 19.6. The lowest BCUT2D eigenvalue weighted by Gasteiger charge is -2.34. The maximum absolute atomic E-state index is 12.6. The monoisotopic (exact) mass is 348 g/mol. The highest BCUT2D eigenvalue weighted by Crippen LogP contribution is 2.25. The molecule has 0 saturated carbocycles. The molecule has 0 spiro atoms. The van der Waals surface area contributed by atoms with Gasteiger partial charge in [0.2, 0.25) is 0 Å². The van der Waals surface area contributed by atoms with Crippen molar-refractivity contribution in [3.05, 3.63) is 28.5 Å². The Morgan fingerprint density at radius 3 is 2.90 bits per heavy atom. The number of aromatic nitrogens is 1. The SMILES string of the molecule is CCS(=O)(=O)C1CSCCN1C(=O)c1cnc(C)cc1Cl. The van der Waals surface area contributed by atoms with Crippen molar-refractivity contribution in [2.24, 2.45) is 0 Å². The lowest BCUT2D eigenvalue weighted by molar-refractivity contribution is 0.0749. The van der Waals surface area contributed by atoms with Gasteiger partial charge in [-0.25, -0.2) is 8.42 Å². The number of carbonyl (C=O) groups is 1. The number of aryl methyl sites for hydroxylation is 1. The number of hydrogen-bond acceptors (Lipinski definition) is 5. The van der Waals surface area contributed by atoms with Crippen LogP contribution in [0.3, 0.4) is 0 Å². The standard InChI is InChI=1S/C13H17ClN2O3S2/c1-3-21(18,19)12-8-20-5-4-16(12)13(17)10-7-15-9(2)6-11(10)14/h6-7,12H,3-5,8H2,1-2H3. The fraction of sp³-hybridized carbons (Fsp3) is 0.538. The summed E-state index contributed by atoms with van der Waals surface area (Å²) in [5, 5.41) is -0.482. The van der Waals surface area contributed by atoms with Gasteiger partial charge in [-0.05, 0) is 13.0 Å². The lowest BCUT2D eigenvalue weighted by Crippen LogP contribution is -2.50. The average Bonchev–Trinajstić information content (AvgIpc) is 2.46. The molecule has 8 heteroatoms. The number of sulfone groups is 1. The third-order valence-electron chi connectivity index (χ3n) is 3.38. The van der Waals surface area contributed by atoms with Gasteiger partial charge in [0.25, 0.3) is 5.91 Å². The van der Waals surface area contributed by atoms with Crippen LogP contribution >= 0.6 is 23.4 Å². The van der Waals surface area contributed by atoms with Gasteiger partial charge in [-0.3, -0.25) is 9.78 Å². The summed E-state index contributed by atoms with van der Waals surface area (Å²) < 4.78 is 24.4. The highest BCUT2D eigenvalue weighted by atomic mass is 35.5. The van der Waals surface area contributed by atoms with Crippen molar-refractivity contribution in [2.45, 2.75) is 19.2 Å². The number of rotatable bonds is 3. The molecule has 0 N–H and O–H groups in total.